The van der Waals surface area contributed by atoms with Gasteiger partial charge in [-0.25, -0.2) is 15.0 Å². The van der Waals surface area contributed by atoms with E-state index >= 15 is 0 Å². The molecule has 0 bridgehead atoms. The molecule has 100 heavy (non-hydrogen) atoms. The Bertz CT molecular complexity index is 3620. The highest BCUT2D eigenvalue weighted by Gasteiger charge is 2.27. The summed E-state index contributed by atoms with van der Waals surface area (Å²) in [5, 5.41) is 40.6. The van der Waals surface area contributed by atoms with Gasteiger partial charge in [0.15, 0.2) is 38.1 Å². The average Bonchev–Trinajstić information content (AvgIpc) is 0.800. The Kier molecular flexibility index (Phi) is 44.6. The van der Waals surface area contributed by atoms with Crippen molar-refractivity contribution in [3.8, 4) is 46.0 Å². The first-order valence-electron chi connectivity index (χ1n) is 29.8. The molecule has 2 N–H and O–H groups in total. The van der Waals surface area contributed by atoms with Gasteiger partial charge in [-0.1, -0.05) is 93.8 Å². The summed E-state index contributed by atoms with van der Waals surface area (Å²) in [6, 6.07) is 26.0. The maximum absolute atomic E-state index is 11.6. The monoisotopic (exact) mass is 1510 g/mol. The van der Waals surface area contributed by atoms with E-state index < -0.39 is 20.7 Å². The predicted octanol–water partition coefficient (Wildman–Crippen LogP) is 17.3. The number of esters is 2. The first-order chi connectivity index (χ1) is 47.3. The maximum atomic E-state index is 11.6. The lowest BCUT2D eigenvalue weighted by Gasteiger charge is -2.20. The van der Waals surface area contributed by atoms with Crippen molar-refractivity contribution >= 4 is 117 Å². The zero-order valence-electron chi connectivity index (χ0n) is 57.8. The number of aromatic nitrogens is 3. The third kappa shape index (κ3) is 30.0. The fourth-order valence-corrected chi connectivity index (χ4v) is 14.5. The summed E-state index contributed by atoms with van der Waals surface area (Å²) in [5.74, 6) is 3.03. The van der Waals surface area contributed by atoms with Gasteiger partial charge in [0.05, 0.1) is 74.4 Å². The fraction of sp³-hybridized carbons (Fsp3) is 0.358. The molecule has 7 aromatic rings. The Morgan fingerprint density at radius 2 is 0.740 bits per heavy atom. The van der Waals surface area contributed by atoms with Gasteiger partial charge in [-0.3, -0.25) is 49.5 Å². The molecule has 4 aromatic carbocycles. The van der Waals surface area contributed by atoms with E-state index in [0.29, 0.717) is 69.0 Å². The molecule has 0 fully saturated rings. The quantitative estimate of drug-likeness (QED) is 0.0110. The van der Waals surface area contributed by atoms with Crippen molar-refractivity contribution in [1.29, 1.82) is 0 Å². The van der Waals surface area contributed by atoms with Gasteiger partial charge in [-0.15, -0.1) is 11.8 Å². The number of nitrogens with one attached hydrogen (secondary N) is 2. The molecule has 0 aliphatic heterocycles. The molecule has 0 saturated carbocycles. The van der Waals surface area contributed by atoms with Crippen molar-refractivity contribution in [3.63, 3.8) is 0 Å². The van der Waals surface area contributed by atoms with Crippen LogP contribution in [0.5, 0.6) is 46.0 Å². The number of hydrogen-bond donors (Lipinski definition) is 2. The number of rotatable bonds is 29. The summed E-state index contributed by atoms with van der Waals surface area (Å²) < 4.78 is 43.0. The van der Waals surface area contributed by atoms with Crippen LogP contribution in [0.25, 0.3) is 0 Å². The molecule has 2 atom stereocenters. The standard InChI is InChI=1S/2C19H23N3O6S2.C13H10N2O4S2.C9H10O2S.2C3H8.CH4/c2*1-11(12(2)23)21-10-13-16(9-15(26-3)18(28-5)17(13)27-4)29-30-19-14(22(24)25)7-6-8-20-19;1-9(16)19-11-6-2-3-7-12(11)20-21-13-10(15(17)18)5-4-8-14-13;1-7(10)11-8-5-3-4-6-9(8)12-2;2*1-3-2;/h2*6-9,11,21H,10H2,1-5H3;2-8H,1H3;3-6H,1-2H3;2*3H2,1-2H3;1H4. The van der Waals surface area contributed by atoms with Crippen molar-refractivity contribution in [2.24, 2.45) is 0 Å². The SMILES string of the molecule is C.CC(=O)Oc1ccccc1SSc1ncccc1[N+](=O)[O-].CCC.CCC.COc1cc(SSc2ncccc2[N+](=O)[O-])c(CNC(C)C(C)=O)c(OC)c1OC.COc1cc(SSc2ncccc2[N+](=O)[O-])c(CNC(C)C(C)=O)c(OC)c1OC.CSc1ccccc1OC(C)=O. The highest BCUT2D eigenvalue weighted by molar-refractivity contribution is 8.77. The third-order valence-electron chi connectivity index (χ3n) is 12.1. The van der Waals surface area contributed by atoms with Crippen LogP contribution in [0.3, 0.4) is 0 Å². The van der Waals surface area contributed by atoms with E-state index in [1.165, 1.54) is 171 Å². The molecular formula is C67H86N8O18S7. The van der Waals surface area contributed by atoms with Crippen LogP contribution in [0.4, 0.5) is 17.1 Å². The van der Waals surface area contributed by atoms with Crippen LogP contribution in [-0.4, -0.2) is 114 Å². The zero-order chi connectivity index (χ0) is 74.1. The Hall–Kier alpha value is -8.02. The van der Waals surface area contributed by atoms with E-state index in [-0.39, 0.29) is 64.2 Å². The summed E-state index contributed by atoms with van der Waals surface area (Å²) in [6.07, 6.45) is 8.94. The minimum absolute atomic E-state index is 0. The van der Waals surface area contributed by atoms with Crippen molar-refractivity contribution in [1.82, 2.24) is 25.6 Å². The van der Waals surface area contributed by atoms with Gasteiger partial charge in [-0.2, -0.15) is 0 Å². The molecular weight excluding hydrogens is 1430 g/mol. The molecule has 0 radical (unpaired) electrons. The minimum atomic E-state index is -0.478. The Morgan fingerprint density at radius 3 is 1.02 bits per heavy atom. The van der Waals surface area contributed by atoms with Gasteiger partial charge in [0.1, 0.15) is 23.1 Å². The Morgan fingerprint density at radius 1 is 0.440 bits per heavy atom. The van der Waals surface area contributed by atoms with Crippen molar-refractivity contribution in [2.75, 3.05) is 48.9 Å². The van der Waals surface area contributed by atoms with E-state index in [1.54, 1.807) is 68.1 Å². The molecule has 544 valence electrons. The first-order valence-corrected chi connectivity index (χ1v) is 37.5. The molecule has 26 nitrogen and oxygen atoms in total. The van der Waals surface area contributed by atoms with Crippen LogP contribution in [0, 0.1) is 30.3 Å². The summed E-state index contributed by atoms with van der Waals surface area (Å²) in [4.78, 5) is 92.3. The van der Waals surface area contributed by atoms with Crippen LogP contribution in [0.1, 0.15) is 101 Å². The number of ketones is 2. The smallest absolute Gasteiger partial charge is 0.308 e. The zero-order valence-corrected chi connectivity index (χ0v) is 63.6. The molecule has 2 unspecified atom stereocenters. The van der Waals surface area contributed by atoms with E-state index in [4.69, 9.17) is 37.9 Å². The highest BCUT2D eigenvalue weighted by Crippen LogP contribution is 2.52. The number of nitrogens with zero attached hydrogens (tertiary/aromatic N) is 6. The maximum Gasteiger partial charge on any atom is 0.308 e. The van der Waals surface area contributed by atoms with Crippen LogP contribution >= 0.6 is 76.5 Å². The second-order valence-corrected chi connectivity index (χ2v) is 27.0. The molecule has 0 saturated heterocycles. The molecule has 3 aromatic heterocycles. The lowest BCUT2D eigenvalue weighted by Crippen LogP contribution is -2.32. The van der Waals surface area contributed by atoms with Crippen molar-refractivity contribution < 1.29 is 71.8 Å². The van der Waals surface area contributed by atoms with Gasteiger partial charge < -0.3 is 48.5 Å². The second-order valence-electron chi connectivity index (χ2n) is 19.6. The number of nitro groups is 3. The number of methoxy groups -OCH3 is 6. The number of thioether (sulfide) groups is 1. The van der Waals surface area contributed by atoms with Crippen LogP contribution in [0.15, 0.2) is 150 Å². The van der Waals surface area contributed by atoms with Gasteiger partial charge in [-0.05, 0) is 132 Å². The van der Waals surface area contributed by atoms with Crippen molar-refractivity contribution in [2.45, 2.75) is 149 Å². The van der Waals surface area contributed by atoms with E-state index in [9.17, 15) is 49.5 Å². The molecule has 0 spiro atoms. The summed E-state index contributed by atoms with van der Waals surface area (Å²) in [7, 11) is 16.3. The number of para-hydroxylation sites is 2. The summed E-state index contributed by atoms with van der Waals surface area (Å²) in [5.41, 5.74) is 1.26. The molecule has 33 heteroatoms. The van der Waals surface area contributed by atoms with Crippen LogP contribution in [0.2, 0.25) is 0 Å². The van der Waals surface area contributed by atoms with E-state index in [1.807, 2.05) is 24.5 Å². The molecule has 0 aliphatic carbocycles. The molecule has 7 rings (SSSR count). The summed E-state index contributed by atoms with van der Waals surface area (Å²) in [6.45, 7) is 18.4. The second kappa shape index (κ2) is 49.5. The first kappa shape index (κ1) is 90.0. The minimum Gasteiger partial charge on any atom is -0.493 e. The molecule has 0 aliphatic rings. The van der Waals surface area contributed by atoms with Crippen LogP contribution < -0.4 is 48.5 Å². The summed E-state index contributed by atoms with van der Waals surface area (Å²) >= 11 is 1.56. The van der Waals surface area contributed by atoms with E-state index in [0.717, 1.165) is 58.2 Å². The Labute approximate surface area is 611 Å². The van der Waals surface area contributed by atoms with Crippen molar-refractivity contribution in [3.05, 3.63) is 157 Å². The van der Waals surface area contributed by atoms with Gasteiger partial charge in [0.25, 0.3) is 0 Å². The number of benzene rings is 4. The largest absolute Gasteiger partial charge is 0.493 e. The topological polar surface area (TPSA) is 334 Å². The molecule has 3 heterocycles. The van der Waals surface area contributed by atoms with Gasteiger partial charge in [0.2, 0.25) is 11.5 Å². The number of carbonyl (C=O) groups excluding carboxylic acids is 4. The lowest BCUT2D eigenvalue weighted by molar-refractivity contribution is -0.388. The number of carbonyl (C=O) groups is 4. The van der Waals surface area contributed by atoms with E-state index in [2.05, 4.69) is 53.3 Å². The normalized spacial score (nSPS) is 10.6. The predicted molar refractivity (Wildman–Crippen MR) is 400 cm³/mol. The number of hydrogen-bond acceptors (Lipinski definition) is 30. The highest BCUT2D eigenvalue weighted by atomic mass is 33.1. The molecule has 0 amide bonds. The number of ether oxygens (including phenoxy) is 8. The van der Waals surface area contributed by atoms with Gasteiger partial charge in [0, 0.05) is 89.5 Å². The Balaban J connectivity index is 0.000000671. The van der Waals surface area contributed by atoms with Crippen LogP contribution in [-0.2, 0) is 32.3 Å². The fourth-order valence-electron chi connectivity index (χ4n) is 7.29. The lowest BCUT2D eigenvalue weighted by atomic mass is 10.1. The number of pyridine rings is 3. The third-order valence-corrected chi connectivity index (χ3v) is 19.9. The van der Waals surface area contributed by atoms with Gasteiger partial charge >= 0.3 is 29.0 Å². The number of Topliss-reactive ketones (excluding diaryl/α,β-unsaturated/α-hetero) is 2. The average molecular weight is 1520 g/mol.